The second-order valence-corrected chi connectivity index (χ2v) is 9.44. The summed E-state index contributed by atoms with van der Waals surface area (Å²) in [5, 5.41) is 2.92. The van der Waals surface area contributed by atoms with Crippen LogP contribution in [0.2, 0.25) is 0 Å². The Morgan fingerprint density at radius 3 is 2.31 bits per heavy atom. The minimum Gasteiger partial charge on any atom is -0.345 e. The number of aromatic nitrogens is 1. The summed E-state index contributed by atoms with van der Waals surface area (Å²) in [5.74, 6) is -0.519. The van der Waals surface area contributed by atoms with E-state index in [2.05, 4.69) is 5.32 Å². The second-order valence-electron chi connectivity index (χ2n) is 9.44. The lowest BCUT2D eigenvalue weighted by molar-refractivity contribution is 0.0908. The number of ketones is 1. The number of pyridine rings is 1. The molecule has 0 radical (unpaired) electrons. The number of aryl methyl sites for hydroxylation is 1. The quantitative estimate of drug-likeness (QED) is 0.650. The summed E-state index contributed by atoms with van der Waals surface area (Å²) in [6.07, 6.45) is 0.965. The molecule has 1 aromatic heterocycles. The van der Waals surface area contributed by atoms with Gasteiger partial charge in [-0.15, -0.1) is 0 Å². The van der Waals surface area contributed by atoms with E-state index in [1.54, 1.807) is 4.57 Å². The predicted molar refractivity (Wildman–Crippen MR) is 126 cm³/mol. The van der Waals surface area contributed by atoms with E-state index in [0.29, 0.717) is 29.8 Å². The lowest BCUT2D eigenvalue weighted by Crippen LogP contribution is -2.39. The number of Topliss-reactive ketones (excluding diaryl/α,β-unsaturated/α-hetero) is 1. The Hall–Kier alpha value is -3.47. The molecule has 164 valence electrons. The molecule has 1 heterocycles. The molecule has 1 aliphatic rings. The van der Waals surface area contributed by atoms with Crippen molar-refractivity contribution in [3.8, 4) is 5.69 Å². The Morgan fingerprint density at radius 1 is 1.00 bits per heavy atom. The minimum atomic E-state index is -0.479. The predicted octanol–water partition coefficient (Wildman–Crippen LogP) is 4.79. The summed E-state index contributed by atoms with van der Waals surface area (Å²) in [5.41, 5.74) is 3.13. The van der Waals surface area contributed by atoms with Crippen molar-refractivity contribution in [2.24, 2.45) is 5.41 Å². The van der Waals surface area contributed by atoms with Crippen LogP contribution in [0.4, 0.5) is 0 Å². The number of benzene rings is 2. The van der Waals surface area contributed by atoms with E-state index in [4.69, 9.17) is 0 Å². The van der Waals surface area contributed by atoms with Gasteiger partial charge in [0.1, 0.15) is 5.56 Å². The highest BCUT2D eigenvalue weighted by molar-refractivity contribution is 6.02. The molecule has 1 atom stereocenters. The molecule has 0 spiro atoms. The van der Waals surface area contributed by atoms with E-state index in [-0.39, 0.29) is 22.8 Å². The van der Waals surface area contributed by atoms with Gasteiger partial charge in [0.05, 0.1) is 6.04 Å². The molecule has 1 amide bonds. The Balaban J connectivity index is 1.84. The Bertz CT molecular complexity index is 1240. The SMILES string of the molecule is Cc1ccc(-n2c3c(cc(C(=O)NC(C)c4ccccc4)c2=O)C(=O)CC(C)(C)C3)cc1. The topological polar surface area (TPSA) is 68.2 Å². The molecule has 1 unspecified atom stereocenters. The minimum absolute atomic E-state index is 0.0137. The van der Waals surface area contributed by atoms with Crippen LogP contribution in [0.5, 0.6) is 0 Å². The molecule has 0 bridgehead atoms. The molecule has 0 fully saturated rings. The van der Waals surface area contributed by atoms with Crippen molar-refractivity contribution in [3.05, 3.63) is 99.0 Å². The van der Waals surface area contributed by atoms with Crippen LogP contribution in [-0.2, 0) is 6.42 Å². The van der Waals surface area contributed by atoms with Gasteiger partial charge in [0.25, 0.3) is 11.5 Å². The summed E-state index contributed by atoms with van der Waals surface area (Å²) in [7, 11) is 0. The number of hydrogen-bond donors (Lipinski definition) is 1. The van der Waals surface area contributed by atoms with E-state index >= 15 is 0 Å². The fourth-order valence-corrected chi connectivity index (χ4v) is 4.34. The van der Waals surface area contributed by atoms with Gasteiger partial charge in [-0.2, -0.15) is 0 Å². The maximum Gasteiger partial charge on any atom is 0.268 e. The van der Waals surface area contributed by atoms with Crippen molar-refractivity contribution < 1.29 is 9.59 Å². The summed E-state index contributed by atoms with van der Waals surface area (Å²) in [4.78, 5) is 39.8. The summed E-state index contributed by atoms with van der Waals surface area (Å²) < 4.78 is 1.55. The highest BCUT2D eigenvalue weighted by Gasteiger charge is 2.35. The maximum atomic E-state index is 13.6. The standard InChI is InChI=1S/C27H28N2O3/c1-17-10-12-20(13-11-17)29-23-15-27(3,4)16-24(30)21(23)14-22(26(29)32)25(31)28-18(2)19-8-6-5-7-9-19/h5-14,18H,15-16H2,1-4H3,(H,28,31). The van der Waals surface area contributed by atoms with Gasteiger partial charge in [-0.3, -0.25) is 19.0 Å². The third kappa shape index (κ3) is 4.15. The van der Waals surface area contributed by atoms with Crippen LogP contribution in [0.25, 0.3) is 5.69 Å². The first-order valence-corrected chi connectivity index (χ1v) is 10.9. The number of fused-ring (bicyclic) bond motifs is 1. The van der Waals surface area contributed by atoms with Gasteiger partial charge in [0, 0.05) is 23.4 Å². The number of nitrogens with one attached hydrogen (secondary N) is 1. The number of rotatable bonds is 4. The van der Waals surface area contributed by atoms with E-state index in [9.17, 15) is 14.4 Å². The van der Waals surface area contributed by atoms with Crippen LogP contribution < -0.4 is 10.9 Å². The van der Waals surface area contributed by atoms with Gasteiger partial charge >= 0.3 is 0 Å². The normalized spacial score (nSPS) is 15.7. The summed E-state index contributed by atoms with van der Waals surface area (Å²) >= 11 is 0. The zero-order valence-electron chi connectivity index (χ0n) is 18.9. The van der Waals surface area contributed by atoms with Crippen LogP contribution in [0.1, 0.15) is 70.8 Å². The largest absolute Gasteiger partial charge is 0.345 e. The van der Waals surface area contributed by atoms with E-state index in [1.807, 2.05) is 82.3 Å². The second kappa shape index (κ2) is 8.23. The molecule has 4 rings (SSSR count). The molecule has 2 aromatic carbocycles. The summed E-state index contributed by atoms with van der Waals surface area (Å²) in [6.45, 7) is 7.90. The fourth-order valence-electron chi connectivity index (χ4n) is 4.34. The van der Waals surface area contributed by atoms with Crippen molar-refractivity contribution >= 4 is 11.7 Å². The number of nitrogens with zero attached hydrogens (tertiary/aromatic N) is 1. The van der Waals surface area contributed by atoms with E-state index < -0.39 is 11.5 Å². The zero-order chi connectivity index (χ0) is 23.0. The van der Waals surface area contributed by atoms with Gasteiger partial charge in [-0.05, 0) is 49.4 Å². The molecule has 5 heteroatoms. The maximum absolute atomic E-state index is 13.6. The first-order chi connectivity index (χ1) is 15.2. The third-order valence-electron chi connectivity index (χ3n) is 6.07. The van der Waals surface area contributed by atoms with Crippen LogP contribution in [0, 0.1) is 12.3 Å². The highest BCUT2D eigenvalue weighted by atomic mass is 16.2. The van der Waals surface area contributed by atoms with Crippen molar-refractivity contribution in [1.82, 2.24) is 9.88 Å². The van der Waals surface area contributed by atoms with Gasteiger partial charge in [0.15, 0.2) is 5.78 Å². The Morgan fingerprint density at radius 2 is 1.66 bits per heavy atom. The lowest BCUT2D eigenvalue weighted by atomic mass is 9.75. The van der Waals surface area contributed by atoms with E-state index in [1.165, 1.54) is 6.07 Å². The molecule has 0 aliphatic heterocycles. The van der Waals surface area contributed by atoms with Gasteiger partial charge < -0.3 is 5.32 Å². The van der Waals surface area contributed by atoms with Crippen molar-refractivity contribution in [2.45, 2.75) is 46.6 Å². The molecule has 1 N–H and O–H groups in total. The zero-order valence-corrected chi connectivity index (χ0v) is 18.9. The average Bonchev–Trinajstić information content (AvgIpc) is 2.74. The Labute approximate surface area is 188 Å². The Kier molecular flexibility index (Phi) is 5.59. The third-order valence-corrected chi connectivity index (χ3v) is 6.07. The number of carbonyl (C=O) groups is 2. The van der Waals surface area contributed by atoms with Crippen LogP contribution in [0.15, 0.2) is 65.5 Å². The first-order valence-electron chi connectivity index (χ1n) is 10.9. The fraction of sp³-hybridized carbons (Fsp3) is 0.296. The van der Waals surface area contributed by atoms with Crippen molar-refractivity contribution in [1.29, 1.82) is 0 Å². The van der Waals surface area contributed by atoms with Gasteiger partial charge in [0.2, 0.25) is 0 Å². The van der Waals surface area contributed by atoms with E-state index in [0.717, 1.165) is 11.1 Å². The lowest BCUT2D eigenvalue weighted by Gasteiger charge is -2.32. The smallest absolute Gasteiger partial charge is 0.268 e. The molecule has 3 aromatic rings. The first kappa shape index (κ1) is 21.8. The van der Waals surface area contributed by atoms with Crippen LogP contribution >= 0.6 is 0 Å². The molecule has 0 saturated carbocycles. The average molecular weight is 429 g/mol. The van der Waals surface area contributed by atoms with Crippen LogP contribution in [0.3, 0.4) is 0 Å². The molecule has 0 saturated heterocycles. The summed E-state index contributed by atoms with van der Waals surface area (Å²) in [6, 6.07) is 18.4. The molecule has 32 heavy (non-hydrogen) atoms. The van der Waals surface area contributed by atoms with Gasteiger partial charge in [-0.1, -0.05) is 61.9 Å². The number of amides is 1. The molecular formula is C27H28N2O3. The van der Waals surface area contributed by atoms with Crippen molar-refractivity contribution in [3.63, 3.8) is 0 Å². The highest BCUT2D eigenvalue weighted by Crippen LogP contribution is 2.35. The molecular weight excluding hydrogens is 400 g/mol. The number of hydrogen-bond acceptors (Lipinski definition) is 3. The van der Waals surface area contributed by atoms with Crippen LogP contribution in [-0.4, -0.2) is 16.3 Å². The molecule has 1 aliphatic carbocycles. The molecule has 5 nitrogen and oxygen atoms in total. The number of carbonyl (C=O) groups excluding carboxylic acids is 2. The monoisotopic (exact) mass is 428 g/mol. The van der Waals surface area contributed by atoms with Crippen molar-refractivity contribution in [2.75, 3.05) is 0 Å². The van der Waals surface area contributed by atoms with Gasteiger partial charge in [-0.25, -0.2) is 0 Å².